The number of rotatable bonds is 8. The van der Waals surface area contributed by atoms with Crippen LogP contribution < -0.4 is 10.1 Å². The maximum atomic E-state index is 12.6. The molecule has 0 aromatic heterocycles. The molecule has 174 valence electrons. The van der Waals surface area contributed by atoms with Gasteiger partial charge in [0.15, 0.2) is 6.61 Å². The summed E-state index contributed by atoms with van der Waals surface area (Å²) in [4.78, 5) is 50.2. The molecule has 1 aliphatic heterocycles. The Balaban J connectivity index is 1.73. The monoisotopic (exact) mass is 464 g/mol. The van der Waals surface area contributed by atoms with E-state index in [1.54, 1.807) is 42.6 Å². The standard InChI is InChI=1S/C22H19F3N2O6/c1-2-32-17-8-7-13(10-27-19(29)14-5-3-4-6-15(14)20(27)30)9-16(17)21(31)33-11-18(28)26-12-22(23,24)25/h3-9H,2,10-12H2,1H3,(H,26,28). The number of nitrogens with one attached hydrogen (secondary N) is 1. The zero-order chi connectivity index (χ0) is 24.2. The molecule has 0 aliphatic carbocycles. The Bertz CT molecular complexity index is 1060. The van der Waals surface area contributed by atoms with E-state index < -0.39 is 43.0 Å². The Morgan fingerprint density at radius 3 is 2.24 bits per heavy atom. The summed E-state index contributed by atoms with van der Waals surface area (Å²) in [5.74, 6) is -2.97. The number of imide groups is 1. The van der Waals surface area contributed by atoms with Gasteiger partial charge in [-0.2, -0.15) is 13.2 Å². The number of hydrogen-bond acceptors (Lipinski definition) is 6. The topological polar surface area (TPSA) is 102 Å². The van der Waals surface area contributed by atoms with Crippen molar-refractivity contribution in [1.82, 2.24) is 10.2 Å². The first kappa shape index (κ1) is 23.8. The van der Waals surface area contributed by atoms with Crippen LogP contribution in [0.4, 0.5) is 13.2 Å². The summed E-state index contributed by atoms with van der Waals surface area (Å²) in [7, 11) is 0. The van der Waals surface area contributed by atoms with E-state index >= 15 is 0 Å². The van der Waals surface area contributed by atoms with Gasteiger partial charge in [-0.3, -0.25) is 19.3 Å². The lowest BCUT2D eigenvalue weighted by molar-refractivity contribution is -0.140. The van der Waals surface area contributed by atoms with Crippen molar-refractivity contribution in [1.29, 1.82) is 0 Å². The van der Waals surface area contributed by atoms with E-state index in [1.807, 2.05) is 0 Å². The van der Waals surface area contributed by atoms with Crippen LogP contribution in [0.25, 0.3) is 0 Å². The van der Waals surface area contributed by atoms with Gasteiger partial charge >= 0.3 is 12.1 Å². The average Bonchev–Trinajstić information content (AvgIpc) is 3.01. The Morgan fingerprint density at radius 1 is 1.03 bits per heavy atom. The van der Waals surface area contributed by atoms with Crippen molar-refractivity contribution >= 4 is 23.7 Å². The summed E-state index contributed by atoms with van der Waals surface area (Å²) in [6, 6.07) is 10.7. The van der Waals surface area contributed by atoms with Gasteiger partial charge in [-0.1, -0.05) is 18.2 Å². The van der Waals surface area contributed by atoms with Crippen LogP contribution in [0.2, 0.25) is 0 Å². The lowest BCUT2D eigenvalue weighted by Gasteiger charge is -2.16. The number of alkyl halides is 3. The summed E-state index contributed by atoms with van der Waals surface area (Å²) >= 11 is 0. The maximum absolute atomic E-state index is 12.6. The highest BCUT2D eigenvalue weighted by Gasteiger charge is 2.35. The largest absolute Gasteiger partial charge is 0.493 e. The van der Waals surface area contributed by atoms with Crippen LogP contribution in [0.15, 0.2) is 42.5 Å². The molecule has 8 nitrogen and oxygen atoms in total. The molecular weight excluding hydrogens is 445 g/mol. The zero-order valence-electron chi connectivity index (χ0n) is 17.4. The van der Waals surface area contributed by atoms with Crippen LogP contribution in [0.5, 0.6) is 5.75 Å². The zero-order valence-corrected chi connectivity index (χ0v) is 17.4. The first-order valence-electron chi connectivity index (χ1n) is 9.82. The maximum Gasteiger partial charge on any atom is 0.405 e. The highest BCUT2D eigenvalue weighted by Crippen LogP contribution is 2.27. The average molecular weight is 464 g/mol. The van der Waals surface area contributed by atoms with Gasteiger partial charge in [-0.05, 0) is 36.8 Å². The van der Waals surface area contributed by atoms with Gasteiger partial charge in [0.1, 0.15) is 17.9 Å². The van der Waals surface area contributed by atoms with E-state index in [0.717, 1.165) is 4.90 Å². The summed E-state index contributed by atoms with van der Waals surface area (Å²) in [6.45, 7) is -0.742. The minimum absolute atomic E-state index is 0.102. The molecule has 2 aromatic carbocycles. The van der Waals surface area contributed by atoms with E-state index in [1.165, 1.54) is 12.1 Å². The Kier molecular flexibility index (Phi) is 7.00. The molecule has 0 radical (unpaired) electrons. The molecule has 1 heterocycles. The number of hydrogen-bond donors (Lipinski definition) is 1. The summed E-state index contributed by atoms with van der Waals surface area (Å²) < 4.78 is 46.7. The first-order valence-corrected chi connectivity index (χ1v) is 9.82. The summed E-state index contributed by atoms with van der Waals surface area (Å²) in [5.41, 5.74) is 0.854. The molecule has 11 heteroatoms. The Labute approximate surface area is 186 Å². The molecule has 33 heavy (non-hydrogen) atoms. The molecule has 3 amide bonds. The van der Waals surface area contributed by atoms with Crippen LogP contribution in [0, 0.1) is 0 Å². The van der Waals surface area contributed by atoms with E-state index in [-0.39, 0.29) is 35.6 Å². The number of benzene rings is 2. The van der Waals surface area contributed by atoms with E-state index in [2.05, 4.69) is 0 Å². The SMILES string of the molecule is CCOc1ccc(CN2C(=O)c3ccccc3C2=O)cc1C(=O)OCC(=O)NCC(F)(F)F. The van der Waals surface area contributed by atoms with Crippen LogP contribution in [0.3, 0.4) is 0 Å². The van der Waals surface area contributed by atoms with Crippen molar-refractivity contribution in [2.24, 2.45) is 0 Å². The van der Waals surface area contributed by atoms with Crippen LogP contribution in [-0.2, 0) is 16.1 Å². The van der Waals surface area contributed by atoms with Crippen molar-refractivity contribution in [3.05, 3.63) is 64.7 Å². The van der Waals surface area contributed by atoms with Gasteiger partial charge in [0.2, 0.25) is 0 Å². The number of halogens is 3. The molecule has 0 spiro atoms. The van der Waals surface area contributed by atoms with Gasteiger partial charge in [0, 0.05) is 0 Å². The number of esters is 1. The number of nitrogens with zero attached hydrogens (tertiary/aromatic N) is 1. The number of carbonyl (C=O) groups is 4. The molecule has 0 unspecified atom stereocenters. The fourth-order valence-electron chi connectivity index (χ4n) is 3.14. The molecule has 2 aromatic rings. The van der Waals surface area contributed by atoms with Crippen LogP contribution in [0.1, 0.15) is 43.6 Å². The third-order valence-corrected chi connectivity index (χ3v) is 4.60. The van der Waals surface area contributed by atoms with Gasteiger partial charge in [0.05, 0.1) is 24.3 Å². The molecule has 0 bridgehead atoms. The lowest BCUT2D eigenvalue weighted by atomic mass is 10.1. The minimum Gasteiger partial charge on any atom is -0.493 e. The van der Waals surface area contributed by atoms with Gasteiger partial charge in [-0.25, -0.2) is 4.79 Å². The molecular formula is C22H19F3N2O6. The van der Waals surface area contributed by atoms with Crippen molar-refractivity contribution in [3.8, 4) is 5.75 Å². The molecule has 0 saturated carbocycles. The predicted octanol–water partition coefficient (Wildman–Crippen LogP) is 2.72. The molecule has 3 rings (SSSR count). The van der Waals surface area contributed by atoms with Crippen LogP contribution in [-0.4, -0.2) is 54.5 Å². The summed E-state index contributed by atoms with van der Waals surface area (Å²) in [6.07, 6.45) is -4.60. The normalized spacial score (nSPS) is 13.0. The number of ether oxygens (including phenoxy) is 2. The second-order valence-electron chi connectivity index (χ2n) is 6.97. The smallest absolute Gasteiger partial charge is 0.405 e. The van der Waals surface area contributed by atoms with Crippen molar-refractivity contribution in [2.75, 3.05) is 19.8 Å². The first-order chi connectivity index (χ1) is 15.6. The van der Waals surface area contributed by atoms with Gasteiger partial charge < -0.3 is 14.8 Å². The molecule has 0 atom stereocenters. The Hall–Kier alpha value is -3.89. The van der Waals surface area contributed by atoms with Crippen LogP contribution >= 0.6 is 0 Å². The third kappa shape index (κ3) is 5.68. The van der Waals surface area contributed by atoms with Crippen molar-refractivity contribution in [2.45, 2.75) is 19.6 Å². The minimum atomic E-state index is -4.60. The second-order valence-corrected chi connectivity index (χ2v) is 6.97. The fraction of sp³-hybridized carbons (Fsp3) is 0.273. The molecule has 1 aliphatic rings. The summed E-state index contributed by atoms with van der Waals surface area (Å²) in [5, 5.41) is 1.59. The second kappa shape index (κ2) is 9.72. The van der Waals surface area contributed by atoms with Gasteiger partial charge in [-0.15, -0.1) is 0 Å². The number of carbonyl (C=O) groups excluding carboxylic acids is 4. The van der Waals surface area contributed by atoms with E-state index in [9.17, 15) is 32.3 Å². The van der Waals surface area contributed by atoms with E-state index in [0.29, 0.717) is 5.56 Å². The molecule has 1 N–H and O–H groups in total. The molecule has 0 saturated heterocycles. The van der Waals surface area contributed by atoms with Crippen molar-refractivity contribution < 1.29 is 41.8 Å². The number of amides is 3. The third-order valence-electron chi connectivity index (χ3n) is 4.60. The number of fused-ring (bicyclic) bond motifs is 1. The van der Waals surface area contributed by atoms with E-state index in [4.69, 9.17) is 9.47 Å². The predicted molar refractivity (Wildman–Crippen MR) is 108 cm³/mol. The highest BCUT2D eigenvalue weighted by atomic mass is 19.4. The lowest BCUT2D eigenvalue weighted by Crippen LogP contribution is -2.36. The van der Waals surface area contributed by atoms with Gasteiger partial charge in [0.25, 0.3) is 17.7 Å². The van der Waals surface area contributed by atoms with Crippen molar-refractivity contribution in [3.63, 3.8) is 0 Å². The highest BCUT2D eigenvalue weighted by molar-refractivity contribution is 6.21. The fourth-order valence-corrected chi connectivity index (χ4v) is 3.14. The quantitative estimate of drug-likeness (QED) is 0.476. The molecule has 0 fully saturated rings. The Morgan fingerprint density at radius 2 is 1.67 bits per heavy atom.